The van der Waals surface area contributed by atoms with Gasteiger partial charge in [-0.25, -0.2) is 5.43 Å². The molecular formula is C24H19N3O3. The van der Waals surface area contributed by atoms with Crippen LogP contribution in [0.15, 0.2) is 94.8 Å². The molecule has 0 radical (unpaired) electrons. The number of aromatic nitrogens is 1. The number of nitrogens with zero attached hydrogens (tertiary/aromatic N) is 1. The van der Waals surface area contributed by atoms with Gasteiger partial charge in [0.15, 0.2) is 6.61 Å². The van der Waals surface area contributed by atoms with Gasteiger partial charge < -0.3 is 9.72 Å². The second-order valence-electron chi connectivity index (χ2n) is 6.61. The number of rotatable bonds is 6. The molecule has 2 N–H and O–H groups in total. The molecule has 0 bridgehead atoms. The molecule has 0 aliphatic heterocycles. The van der Waals surface area contributed by atoms with Gasteiger partial charge in [0.1, 0.15) is 5.75 Å². The minimum Gasteiger partial charge on any atom is -0.484 e. The third-order valence-corrected chi connectivity index (χ3v) is 4.51. The van der Waals surface area contributed by atoms with Gasteiger partial charge in [0.2, 0.25) is 0 Å². The Labute approximate surface area is 172 Å². The first-order valence-electron chi connectivity index (χ1n) is 9.41. The summed E-state index contributed by atoms with van der Waals surface area (Å²) in [5.41, 5.74) is 5.37. The van der Waals surface area contributed by atoms with Crippen molar-refractivity contribution in [3.05, 3.63) is 101 Å². The number of fused-ring (bicyclic) bond motifs is 1. The van der Waals surface area contributed by atoms with Crippen molar-refractivity contribution in [2.45, 2.75) is 0 Å². The van der Waals surface area contributed by atoms with Gasteiger partial charge in [-0.15, -0.1) is 0 Å². The summed E-state index contributed by atoms with van der Waals surface area (Å²) >= 11 is 0. The Balaban J connectivity index is 1.32. The second kappa shape index (κ2) is 8.87. The monoisotopic (exact) mass is 397 g/mol. The molecule has 0 saturated carbocycles. The van der Waals surface area contributed by atoms with Crippen molar-refractivity contribution in [3.63, 3.8) is 0 Å². The van der Waals surface area contributed by atoms with E-state index in [4.69, 9.17) is 4.74 Å². The lowest BCUT2D eigenvalue weighted by molar-refractivity contribution is -0.123. The molecule has 1 amide bonds. The molecule has 148 valence electrons. The largest absolute Gasteiger partial charge is 0.484 e. The number of hydrazone groups is 1. The number of carbonyl (C=O) groups excluding carboxylic acids is 1. The van der Waals surface area contributed by atoms with Crippen LogP contribution in [0.3, 0.4) is 0 Å². The van der Waals surface area contributed by atoms with E-state index in [-0.39, 0.29) is 12.2 Å². The average Bonchev–Trinajstić information content (AvgIpc) is 2.79. The highest BCUT2D eigenvalue weighted by atomic mass is 16.5. The third kappa shape index (κ3) is 4.62. The van der Waals surface area contributed by atoms with E-state index >= 15 is 0 Å². The number of amides is 1. The summed E-state index contributed by atoms with van der Waals surface area (Å²) in [6.07, 6.45) is 1.32. The van der Waals surface area contributed by atoms with Crippen molar-refractivity contribution in [3.8, 4) is 16.9 Å². The average molecular weight is 397 g/mol. The predicted molar refractivity (Wildman–Crippen MR) is 118 cm³/mol. The quantitative estimate of drug-likeness (QED) is 0.384. The van der Waals surface area contributed by atoms with Gasteiger partial charge >= 0.3 is 0 Å². The highest BCUT2D eigenvalue weighted by Crippen LogP contribution is 2.21. The van der Waals surface area contributed by atoms with E-state index < -0.39 is 5.91 Å². The Morgan fingerprint density at radius 3 is 2.43 bits per heavy atom. The SMILES string of the molecule is O=C(COc1ccc(-c2ccccc2)cc1)NN=Cc1cc2ccccc2[nH]c1=O. The summed E-state index contributed by atoms with van der Waals surface area (Å²) in [6, 6.07) is 26.7. The van der Waals surface area contributed by atoms with E-state index in [1.807, 2.05) is 78.9 Å². The van der Waals surface area contributed by atoms with Crippen LogP contribution >= 0.6 is 0 Å². The number of ether oxygens (including phenoxy) is 1. The van der Waals surface area contributed by atoms with E-state index in [2.05, 4.69) is 15.5 Å². The van der Waals surface area contributed by atoms with E-state index in [0.717, 1.165) is 22.0 Å². The summed E-state index contributed by atoms with van der Waals surface area (Å²) in [5.74, 6) is 0.162. The maximum Gasteiger partial charge on any atom is 0.277 e. The van der Waals surface area contributed by atoms with Gasteiger partial charge in [0.25, 0.3) is 11.5 Å². The molecular weight excluding hydrogens is 378 g/mol. The van der Waals surface area contributed by atoms with Gasteiger partial charge in [-0.3, -0.25) is 9.59 Å². The standard InChI is InChI=1S/C24H19N3O3/c28-23(16-30-21-12-10-18(11-13-21)17-6-2-1-3-7-17)27-25-15-20-14-19-8-4-5-9-22(19)26-24(20)29/h1-15H,16H2,(H,26,29)(H,27,28). The van der Waals surface area contributed by atoms with Crippen molar-refractivity contribution < 1.29 is 9.53 Å². The number of carbonyl (C=O) groups is 1. The highest BCUT2D eigenvalue weighted by molar-refractivity contribution is 5.88. The number of H-pyrrole nitrogens is 1. The van der Waals surface area contributed by atoms with Gasteiger partial charge in [-0.1, -0.05) is 60.7 Å². The maximum atomic E-state index is 12.1. The number of aromatic amines is 1. The molecule has 1 aromatic heterocycles. The summed E-state index contributed by atoms with van der Waals surface area (Å²) < 4.78 is 5.49. The first-order chi connectivity index (χ1) is 14.7. The molecule has 6 nitrogen and oxygen atoms in total. The zero-order valence-corrected chi connectivity index (χ0v) is 16.0. The van der Waals surface area contributed by atoms with E-state index in [9.17, 15) is 9.59 Å². The molecule has 6 heteroatoms. The summed E-state index contributed by atoms with van der Waals surface area (Å²) in [5, 5.41) is 4.73. The van der Waals surface area contributed by atoms with E-state index in [1.54, 1.807) is 6.07 Å². The second-order valence-corrected chi connectivity index (χ2v) is 6.61. The van der Waals surface area contributed by atoms with Crippen LogP contribution in [0.2, 0.25) is 0 Å². The van der Waals surface area contributed by atoms with Crippen molar-refractivity contribution in [2.75, 3.05) is 6.61 Å². The van der Waals surface area contributed by atoms with Crippen molar-refractivity contribution in [1.29, 1.82) is 0 Å². The molecule has 0 fully saturated rings. The lowest BCUT2D eigenvalue weighted by atomic mass is 10.1. The molecule has 0 spiro atoms. The van der Waals surface area contributed by atoms with Crippen LogP contribution in [0.4, 0.5) is 0 Å². The van der Waals surface area contributed by atoms with Crippen LogP contribution in [0.5, 0.6) is 5.75 Å². The number of pyridine rings is 1. The van der Waals surface area contributed by atoms with Crippen LogP contribution < -0.4 is 15.7 Å². The molecule has 3 aromatic carbocycles. The molecule has 1 heterocycles. The van der Waals surface area contributed by atoms with Crippen LogP contribution in [0.1, 0.15) is 5.56 Å². The summed E-state index contributed by atoms with van der Waals surface area (Å²) in [4.78, 5) is 26.8. The number of benzene rings is 3. The minimum absolute atomic E-state index is 0.184. The highest BCUT2D eigenvalue weighted by Gasteiger charge is 2.04. The normalized spacial score (nSPS) is 10.9. The van der Waals surface area contributed by atoms with Crippen LogP contribution in [-0.2, 0) is 4.79 Å². The molecule has 4 aromatic rings. The molecule has 30 heavy (non-hydrogen) atoms. The minimum atomic E-state index is -0.421. The molecule has 0 saturated heterocycles. The fourth-order valence-corrected chi connectivity index (χ4v) is 2.99. The number of hydrogen-bond donors (Lipinski definition) is 2. The van der Waals surface area contributed by atoms with Crippen molar-refractivity contribution in [1.82, 2.24) is 10.4 Å². The van der Waals surface area contributed by atoms with Gasteiger partial charge in [0.05, 0.1) is 11.8 Å². The Morgan fingerprint density at radius 2 is 1.63 bits per heavy atom. The lowest BCUT2D eigenvalue weighted by Gasteiger charge is -2.06. The van der Waals surface area contributed by atoms with Gasteiger partial charge in [-0.2, -0.15) is 5.10 Å². The van der Waals surface area contributed by atoms with E-state index in [1.165, 1.54) is 6.21 Å². The Bertz CT molecular complexity index is 1250. The third-order valence-electron chi connectivity index (χ3n) is 4.51. The fraction of sp³-hybridized carbons (Fsp3) is 0.0417. The molecule has 4 rings (SSSR count). The van der Waals surface area contributed by atoms with Crippen LogP contribution in [0, 0.1) is 0 Å². The number of nitrogens with one attached hydrogen (secondary N) is 2. The predicted octanol–water partition coefficient (Wildman–Crippen LogP) is 3.72. The van der Waals surface area contributed by atoms with Gasteiger partial charge in [-0.05, 0) is 40.8 Å². The zero-order chi connectivity index (χ0) is 20.8. The Kier molecular flexibility index (Phi) is 5.66. The van der Waals surface area contributed by atoms with Crippen LogP contribution in [0.25, 0.3) is 22.0 Å². The summed E-state index contributed by atoms with van der Waals surface area (Å²) in [6.45, 7) is -0.184. The fourth-order valence-electron chi connectivity index (χ4n) is 2.99. The first kappa shape index (κ1) is 19.1. The van der Waals surface area contributed by atoms with Gasteiger partial charge in [0, 0.05) is 5.52 Å². The van der Waals surface area contributed by atoms with Crippen LogP contribution in [-0.4, -0.2) is 23.7 Å². The first-order valence-corrected chi connectivity index (χ1v) is 9.41. The Hall–Kier alpha value is -4.19. The topological polar surface area (TPSA) is 83.5 Å². The Morgan fingerprint density at radius 1 is 0.933 bits per heavy atom. The number of hydrogen-bond acceptors (Lipinski definition) is 4. The van der Waals surface area contributed by atoms with Crippen molar-refractivity contribution >= 4 is 23.0 Å². The molecule has 0 atom stereocenters. The zero-order valence-electron chi connectivity index (χ0n) is 16.0. The molecule has 0 unspecified atom stereocenters. The maximum absolute atomic E-state index is 12.1. The van der Waals surface area contributed by atoms with Crippen molar-refractivity contribution in [2.24, 2.45) is 5.10 Å². The lowest BCUT2D eigenvalue weighted by Crippen LogP contribution is -2.25. The molecule has 0 aliphatic rings. The molecule has 0 aliphatic carbocycles. The summed E-state index contributed by atoms with van der Waals surface area (Å²) in [7, 11) is 0. The number of para-hydroxylation sites is 1. The van der Waals surface area contributed by atoms with E-state index in [0.29, 0.717) is 11.3 Å². The smallest absolute Gasteiger partial charge is 0.277 e.